The normalized spacial score (nSPS) is 14.5. The number of aromatic nitrogens is 1. The number of amides is 1. The van der Waals surface area contributed by atoms with Crippen molar-refractivity contribution in [2.75, 3.05) is 30.8 Å². The molecule has 0 fully saturated rings. The van der Waals surface area contributed by atoms with Gasteiger partial charge in [-0.25, -0.2) is 0 Å². The quantitative estimate of drug-likeness (QED) is 0.203. The molecule has 5 rings (SSSR count). The molecule has 1 aliphatic heterocycles. The fourth-order valence-electron chi connectivity index (χ4n) is 5.54. The Hall–Kier alpha value is -3.46. The summed E-state index contributed by atoms with van der Waals surface area (Å²) in [5.74, 6) is 1.63. The van der Waals surface area contributed by atoms with Crippen LogP contribution in [-0.2, 0) is 25.9 Å². The molecule has 3 N–H and O–H groups in total. The van der Waals surface area contributed by atoms with Crippen molar-refractivity contribution in [3.05, 3.63) is 95.2 Å². The number of hydrogen-bond acceptors (Lipinski definition) is 6. The van der Waals surface area contributed by atoms with Crippen molar-refractivity contribution in [1.82, 2.24) is 15.2 Å². The summed E-state index contributed by atoms with van der Waals surface area (Å²) in [5.41, 5.74) is 6.24. The van der Waals surface area contributed by atoms with E-state index in [-0.39, 0.29) is 5.91 Å². The first-order valence-corrected chi connectivity index (χ1v) is 15.3. The summed E-state index contributed by atoms with van der Waals surface area (Å²) >= 11 is 1.78. The maximum Gasteiger partial charge on any atom is 0.251 e. The van der Waals surface area contributed by atoms with Gasteiger partial charge in [0.2, 0.25) is 0 Å². The highest BCUT2D eigenvalue weighted by atomic mass is 32.2. The van der Waals surface area contributed by atoms with Gasteiger partial charge in [0.25, 0.3) is 5.91 Å². The van der Waals surface area contributed by atoms with Crippen molar-refractivity contribution >= 4 is 34.4 Å². The van der Waals surface area contributed by atoms with E-state index in [1.807, 2.05) is 66.7 Å². The number of carbonyl (C=O) groups excluding carboxylic acids is 1. The van der Waals surface area contributed by atoms with Crippen molar-refractivity contribution in [3.8, 4) is 5.75 Å². The third kappa shape index (κ3) is 6.89. The summed E-state index contributed by atoms with van der Waals surface area (Å²) in [6.07, 6.45) is 4.02. The molecule has 0 saturated heterocycles. The number of rotatable bonds is 12. The summed E-state index contributed by atoms with van der Waals surface area (Å²) in [5, 5.41) is 19.1. The monoisotopic (exact) mass is 572 g/mol. The summed E-state index contributed by atoms with van der Waals surface area (Å²) in [6.45, 7) is 4.00. The average Bonchev–Trinajstić information content (AvgIpc) is 3.25. The van der Waals surface area contributed by atoms with Gasteiger partial charge in [-0.2, -0.15) is 0 Å². The topological polar surface area (TPSA) is 78.8 Å². The molecule has 0 radical (unpaired) electrons. The molecule has 4 aromatic rings. The van der Waals surface area contributed by atoms with E-state index in [4.69, 9.17) is 4.74 Å². The maximum absolute atomic E-state index is 13.8. The van der Waals surface area contributed by atoms with Gasteiger partial charge >= 0.3 is 0 Å². The van der Waals surface area contributed by atoms with Gasteiger partial charge in [0, 0.05) is 49.6 Å². The van der Waals surface area contributed by atoms with Crippen LogP contribution in [0.25, 0.3) is 10.9 Å². The van der Waals surface area contributed by atoms with Crippen molar-refractivity contribution < 1.29 is 14.6 Å². The molecule has 216 valence electrons. The Morgan fingerprint density at radius 1 is 1.10 bits per heavy atom. The number of aliphatic hydroxyl groups excluding tert-OH is 1. The van der Waals surface area contributed by atoms with E-state index in [2.05, 4.69) is 39.7 Å². The Labute approximate surface area is 247 Å². The molecule has 3 aromatic carbocycles. The van der Waals surface area contributed by atoms with E-state index in [0.717, 1.165) is 53.2 Å². The summed E-state index contributed by atoms with van der Waals surface area (Å²) in [4.78, 5) is 13.8. The molecule has 1 aromatic heterocycles. The third-order valence-electron chi connectivity index (χ3n) is 7.66. The second-order valence-corrected chi connectivity index (χ2v) is 11.9. The molecule has 41 heavy (non-hydrogen) atoms. The maximum atomic E-state index is 13.8. The van der Waals surface area contributed by atoms with Crippen molar-refractivity contribution in [1.29, 1.82) is 0 Å². The highest BCUT2D eigenvalue weighted by Gasteiger charge is 2.25. The molecular formula is C33H40N4O3S. The van der Waals surface area contributed by atoms with Crippen LogP contribution < -0.4 is 19.7 Å². The van der Waals surface area contributed by atoms with Gasteiger partial charge in [0.15, 0.2) is 0 Å². The highest BCUT2D eigenvalue weighted by Crippen LogP contribution is 2.38. The molecule has 0 aliphatic carbocycles. The number of aliphatic hydroxyl groups is 1. The zero-order valence-electron chi connectivity index (χ0n) is 24.1. The van der Waals surface area contributed by atoms with E-state index >= 15 is 0 Å². The van der Waals surface area contributed by atoms with Gasteiger partial charge in [-0.1, -0.05) is 49.4 Å². The van der Waals surface area contributed by atoms with Crippen LogP contribution in [0.3, 0.4) is 0 Å². The first kappa shape index (κ1) is 29.0. The molecule has 2 heterocycles. The Balaban J connectivity index is 1.37. The van der Waals surface area contributed by atoms with Crippen LogP contribution in [0.2, 0.25) is 0 Å². The van der Waals surface area contributed by atoms with Gasteiger partial charge < -0.3 is 29.3 Å². The third-order valence-corrected chi connectivity index (χ3v) is 8.63. The van der Waals surface area contributed by atoms with Crippen LogP contribution in [0, 0.1) is 0 Å². The molecule has 1 aliphatic rings. The van der Waals surface area contributed by atoms with Crippen LogP contribution in [0.4, 0.5) is 5.69 Å². The van der Waals surface area contributed by atoms with E-state index in [9.17, 15) is 9.90 Å². The number of aryl methyl sites for hydroxylation is 2. The van der Waals surface area contributed by atoms with Gasteiger partial charge in [0.05, 0.1) is 30.5 Å². The lowest BCUT2D eigenvalue weighted by Gasteiger charge is -2.25. The fourth-order valence-corrected chi connectivity index (χ4v) is 6.41. The predicted octanol–water partition coefficient (Wildman–Crippen LogP) is 5.19. The van der Waals surface area contributed by atoms with Crippen LogP contribution in [-0.4, -0.2) is 54.2 Å². The van der Waals surface area contributed by atoms with Gasteiger partial charge in [-0.05, 0) is 72.2 Å². The number of methoxy groups -OCH3 is 1. The molecule has 0 unspecified atom stereocenters. The van der Waals surface area contributed by atoms with Crippen molar-refractivity contribution in [2.45, 2.75) is 51.4 Å². The number of hydrogen-bond donors (Lipinski definition) is 3. The van der Waals surface area contributed by atoms with Crippen molar-refractivity contribution in [2.24, 2.45) is 0 Å². The van der Waals surface area contributed by atoms with Crippen LogP contribution in [0.15, 0.2) is 72.9 Å². The van der Waals surface area contributed by atoms with E-state index in [1.165, 1.54) is 10.9 Å². The van der Waals surface area contributed by atoms with Gasteiger partial charge in [-0.15, -0.1) is 0 Å². The molecule has 0 bridgehead atoms. The lowest BCUT2D eigenvalue weighted by molar-refractivity contribution is 0.0830. The lowest BCUT2D eigenvalue weighted by Crippen LogP contribution is -2.48. The lowest BCUT2D eigenvalue weighted by atomic mass is 9.99. The number of nitrogens with zero attached hydrogens (tertiary/aromatic N) is 2. The second kappa shape index (κ2) is 13.5. The van der Waals surface area contributed by atoms with Gasteiger partial charge in [0.1, 0.15) is 5.75 Å². The Morgan fingerprint density at radius 2 is 1.90 bits per heavy atom. The largest absolute Gasteiger partial charge is 0.497 e. The van der Waals surface area contributed by atoms with E-state index in [1.54, 1.807) is 19.1 Å². The van der Waals surface area contributed by atoms with E-state index in [0.29, 0.717) is 25.1 Å². The minimum Gasteiger partial charge on any atom is -0.497 e. The fraction of sp³-hybridized carbons (Fsp3) is 0.364. The van der Waals surface area contributed by atoms with Crippen LogP contribution >= 0.6 is 11.9 Å². The van der Waals surface area contributed by atoms with Gasteiger partial charge in [-0.3, -0.25) is 4.79 Å². The molecule has 1 amide bonds. The Kier molecular flexibility index (Phi) is 9.54. The first-order chi connectivity index (χ1) is 20.0. The summed E-state index contributed by atoms with van der Waals surface area (Å²) < 4.78 is 9.80. The van der Waals surface area contributed by atoms with Crippen LogP contribution in [0.1, 0.15) is 40.4 Å². The predicted molar refractivity (Wildman–Crippen MR) is 169 cm³/mol. The number of ether oxygens (including phenoxy) is 1. The van der Waals surface area contributed by atoms with E-state index < -0.39 is 12.1 Å². The van der Waals surface area contributed by atoms with Crippen molar-refractivity contribution in [3.63, 3.8) is 0 Å². The SMILES string of the molecule is CCCn1cc2c3c(cc(C(=O)N[C@@H](Cc4ccccc4)[C@H](O)CNCc4cccc(OC)c4)cc31)N(C)SCC2. The smallest absolute Gasteiger partial charge is 0.251 e. The minimum atomic E-state index is -0.788. The number of benzene rings is 3. The molecular weight excluding hydrogens is 532 g/mol. The number of carbonyl (C=O) groups is 1. The van der Waals surface area contributed by atoms with Crippen LogP contribution in [0.5, 0.6) is 5.75 Å². The zero-order chi connectivity index (χ0) is 28.8. The first-order valence-electron chi connectivity index (χ1n) is 14.4. The molecule has 0 saturated carbocycles. The number of anilines is 1. The number of nitrogens with one attached hydrogen (secondary N) is 2. The second-order valence-electron chi connectivity index (χ2n) is 10.6. The Morgan fingerprint density at radius 3 is 2.68 bits per heavy atom. The highest BCUT2D eigenvalue weighted by molar-refractivity contribution is 8.00. The molecule has 0 spiro atoms. The summed E-state index contributed by atoms with van der Waals surface area (Å²) in [7, 11) is 3.72. The standard InChI is InChI=1S/C33H40N4O3S/c1-4-14-37-22-25-13-15-41-36(2)29-18-26(19-30(37)32(25)29)33(39)35-28(17-23-9-6-5-7-10-23)31(38)21-34-20-24-11-8-12-27(16-24)40-3/h5-12,16,18-19,22,28,31,34,38H,4,13-15,17,20-21H2,1-3H3,(H,35,39)/t28-,31+/m0/s1. The molecule has 8 heteroatoms. The molecule has 2 atom stereocenters. The Bertz CT molecular complexity index is 1470. The summed E-state index contributed by atoms with van der Waals surface area (Å²) in [6, 6.07) is 21.4. The zero-order valence-corrected chi connectivity index (χ0v) is 24.9. The molecule has 7 nitrogen and oxygen atoms in total. The minimum absolute atomic E-state index is 0.177. The average molecular weight is 573 g/mol.